The van der Waals surface area contributed by atoms with Crippen molar-refractivity contribution in [2.24, 2.45) is 5.73 Å². The summed E-state index contributed by atoms with van der Waals surface area (Å²) < 4.78 is 9.73. The topological polar surface area (TPSA) is 111 Å². The summed E-state index contributed by atoms with van der Waals surface area (Å²) in [4.78, 5) is 11.4. The second-order valence-corrected chi connectivity index (χ2v) is 9.69. The number of nitrogens with two attached hydrogens (primary N) is 1. The lowest BCUT2D eigenvalue weighted by molar-refractivity contribution is 0.125. The highest BCUT2D eigenvalue weighted by Gasteiger charge is 2.26. The van der Waals surface area contributed by atoms with Crippen molar-refractivity contribution in [3.8, 4) is 11.5 Å². The Labute approximate surface area is 215 Å². The number of aromatic nitrogens is 6. The Hall–Kier alpha value is -4.02. The number of nitrogens with one attached hydrogen (secondary N) is 1. The number of anilines is 2. The van der Waals surface area contributed by atoms with Crippen LogP contribution in [0.3, 0.4) is 0 Å². The van der Waals surface area contributed by atoms with Crippen LogP contribution in [-0.2, 0) is 6.54 Å². The molecule has 10 heteroatoms. The smallest absolute Gasteiger partial charge is 0.158 e. The predicted molar refractivity (Wildman–Crippen MR) is 142 cm³/mol. The highest BCUT2D eigenvalue weighted by Crippen LogP contribution is 2.31. The first-order chi connectivity index (χ1) is 18.1. The van der Waals surface area contributed by atoms with Crippen LogP contribution >= 0.6 is 0 Å². The predicted octanol–water partition coefficient (Wildman–Crippen LogP) is 4.32. The van der Waals surface area contributed by atoms with E-state index >= 15 is 0 Å². The normalized spacial score (nSPS) is 18.5. The third-order valence-electron chi connectivity index (χ3n) is 7.18. The van der Waals surface area contributed by atoms with Gasteiger partial charge in [0.1, 0.15) is 29.7 Å². The summed E-state index contributed by atoms with van der Waals surface area (Å²) in [6.07, 6.45) is 10.1. The summed E-state index contributed by atoms with van der Waals surface area (Å²) in [6.45, 7) is 6.14. The minimum atomic E-state index is 0.299. The van der Waals surface area contributed by atoms with Gasteiger partial charge < -0.3 is 15.8 Å². The van der Waals surface area contributed by atoms with Gasteiger partial charge in [-0.1, -0.05) is 6.92 Å². The molecule has 0 radical (unpaired) electrons. The Kier molecular flexibility index (Phi) is 6.19. The number of hydrogen-bond acceptors (Lipinski definition) is 8. The zero-order valence-corrected chi connectivity index (χ0v) is 21.1. The molecule has 0 amide bonds. The molecular weight excluding hydrogens is 466 g/mol. The number of pyridine rings is 1. The molecule has 0 saturated carbocycles. The molecular formula is C27H31N9O. The summed E-state index contributed by atoms with van der Waals surface area (Å²) in [6, 6.07) is 12.7. The van der Waals surface area contributed by atoms with Gasteiger partial charge in [0.05, 0.1) is 0 Å². The standard InChI is InChI=1S/C27H31N9O/c1-3-22-13-20(28)7-9-34(22)15-19-6-10-36-26(19)27(30-17-32-36)33-21-4-5-24(18(2)12-21)37-23-8-11-35-25(14-23)29-16-31-35/h4-6,8,10-12,14,16-17,20,22H,3,7,9,13,15,28H2,1-2H3,(H,30,32,33)/t20-,22?/m0/s1. The number of ether oxygens (including phenoxy) is 1. The van der Waals surface area contributed by atoms with E-state index in [0.717, 1.165) is 66.3 Å². The van der Waals surface area contributed by atoms with Crippen LogP contribution in [0.2, 0.25) is 0 Å². The van der Waals surface area contributed by atoms with Crippen molar-refractivity contribution >= 4 is 22.7 Å². The average molecular weight is 498 g/mol. The van der Waals surface area contributed by atoms with E-state index in [1.54, 1.807) is 10.8 Å². The fraction of sp³-hybridized carbons (Fsp3) is 0.333. The molecule has 1 aliphatic heterocycles. The minimum Gasteiger partial charge on any atom is -0.457 e. The molecule has 10 nitrogen and oxygen atoms in total. The van der Waals surface area contributed by atoms with E-state index in [4.69, 9.17) is 10.5 Å². The zero-order chi connectivity index (χ0) is 25.4. The van der Waals surface area contributed by atoms with Crippen LogP contribution in [0.25, 0.3) is 11.2 Å². The maximum absolute atomic E-state index is 6.24. The van der Waals surface area contributed by atoms with Gasteiger partial charge in [-0.15, -0.1) is 0 Å². The van der Waals surface area contributed by atoms with E-state index < -0.39 is 0 Å². The summed E-state index contributed by atoms with van der Waals surface area (Å²) in [5, 5.41) is 12.1. The quantitative estimate of drug-likeness (QED) is 0.342. The second kappa shape index (κ2) is 9.79. The lowest BCUT2D eigenvalue weighted by Crippen LogP contribution is -2.46. The molecule has 5 aromatic rings. The van der Waals surface area contributed by atoms with Crippen molar-refractivity contribution < 1.29 is 4.74 Å². The van der Waals surface area contributed by atoms with Crippen LogP contribution < -0.4 is 15.8 Å². The fourth-order valence-corrected chi connectivity index (χ4v) is 5.19. The first kappa shape index (κ1) is 23.4. The van der Waals surface area contributed by atoms with Crippen LogP contribution in [0, 0.1) is 6.92 Å². The first-order valence-corrected chi connectivity index (χ1v) is 12.7. The van der Waals surface area contributed by atoms with Crippen LogP contribution in [0.15, 0.2) is 61.4 Å². The van der Waals surface area contributed by atoms with E-state index in [0.29, 0.717) is 17.8 Å². The highest BCUT2D eigenvalue weighted by atomic mass is 16.5. The maximum Gasteiger partial charge on any atom is 0.158 e. The molecule has 6 rings (SSSR count). The number of nitrogens with zero attached hydrogens (tertiary/aromatic N) is 7. The van der Waals surface area contributed by atoms with E-state index in [1.165, 1.54) is 11.9 Å². The maximum atomic E-state index is 6.24. The molecule has 0 bridgehead atoms. The van der Waals surface area contributed by atoms with Gasteiger partial charge in [0.25, 0.3) is 0 Å². The zero-order valence-electron chi connectivity index (χ0n) is 21.1. The van der Waals surface area contributed by atoms with Crippen molar-refractivity contribution in [1.29, 1.82) is 0 Å². The van der Waals surface area contributed by atoms with Gasteiger partial charge in [-0.05, 0) is 67.6 Å². The Morgan fingerprint density at radius 1 is 1.05 bits per heavy atom. The summed E-state index contributed by atoms with van der Waals surface area (Å²) >= 11 is 0. The molecule has 1 saturated heterocycles. The Bertz CT molecular complexity index is 1540. The van der Waals surface area contributed by atoms with Gasteiger partial charge in [0.15, 0.2) is 11.5 Å². The van der Waals surface area contributed by atoms with Gasteiger partial charge in [-0.2, -0.15) is 10.2 Å². The molecule has 1 aromatic carbocycles. The van der Waals surface area contributed by atoms with Crippen molar-refractivity contribution in [2.75, 3.05) is 11.9 Å². The van der Waals surface area contributed by atoms with Gasteiger partial charge in [0.2, 0.25) is 0 Å². The summed E-state index contributed by atoms with van der Waals surface area (Å²) in [7, 11) is 0. The Morgan fingerprint density at radius 2 is 1.89 bits per heavy atom. The lowest BCUT2D eigenvalue weighted by atomic mass is 9.95. The lowest BCUT2D eigenvalue weighted by Gasteiger charge is -2.38. The average Bonchev–Trinajstić information content (AvgIpc) is 3.54. The van der Waals surface area contributed by atoms with Crippen molar-refractivity contribution in [1.82, 2.24) is 34.1 Å². The molecule has 1 aliphatic rings. The monoisotopic (exact) mass is 497 g/mol. The van der Waals surface area contributed by atoms with Crippen LogP contribution in [0.1, 0.15) is 37.3 Å². The number of benzene rings is 1. The van der Waals surface area contributed by atoms with Crippen molar-refractivity contribution in [3.05, 3.63) is 72.6 Å². The molecule has 4 aromatic heterocycles. The van der Waals surface area contributed by atoms with Crippen molar-refractivity contribution in [2.45, 2.75) is 51.7 Å². The summed E-state index contributed by atoms with van der Waals surface area (Å²) in [5.41, 5.74) is 11.1. The van der Waals surface area contributed by atoms with Crippen LogP contribution in [0.5, 0.6) is 11.5 Å². The molecule has 5 heterocycles. The third-order valence-corrected chi connectivity index (χ3v) is 7.18. The van der Waals surface area contributed by atoms with E-state index in [2.05, 4.69) is 49.4 Å². The SMILES string of the molecule is CCC1C[C@@H](N)CCN1Cc1ccn2ncnc(Nc3ccc(Oc4ccn5ncnc5c4)c(C)c3)c12. The molecule has 3 N–H and O–H groups in total. The van der Waals surface area contributed by atoms with E-state index in [9.17, 15) is 0 Å². The number of rotatable bonds is 7. The Morgan fingerprint density at radius 3 is 2.76 bits per heavy atom. The molecule has 1 unspecified atom stereocenters. The number of aryl methyl sites for hydroxylation is 1. The molecule has 0 spiro atoms. The number of likely N-dealkylation sites (tertiary alicyclic amines) is 1. The van der Waals surface area contributed by atoms with Gasteiger partial charge in [-0.25, -0.2) is 19.0 Å². The fourth-order valence-electron chi connectivity index (χ4n) is 5.19. The van der Waals surface area contributed by atoms with Gasteiger partial charge in [0, 0.05) is 49.3 Å². The van der Waals surface area contributed by atoms with Gasteiger partial charge >= 0.3 is 0 Å². The third kappa shape index (κ3) is 4.73. The Balaban J connectivity index is 1.23. The van der Waals surface area contributed by atoms with Gasteiger partial charge in [-0.3, -0.25) is 4.90 Å². The number of piperidine rings is 1. The van der Waals surface area contributed by atoms with Crippen LogP contribution in [0.4, 0.5) is 11.5 Å². The molecule has 190 valence electrons. The first-order valence-electron chi connectivity index (χ1n) is 12.7. The van der Waals surface area contributed by atoms with Crippen molar-refractivity contribution in [3.63, 3.8) is 0 Å². The molecule has 2 atom stereocenters. The number of fused-ring (bicyclic) bond motifs is 2. The number of hydrogen-bond donors (Lipinski definition) is 2. The van der Waals surface area contributed by atoms with E-state index in [-0.39, 0.29) is 0 Å². The largest absolute Gasteiger partial charge is 0.457 e. The summed E-state index contributed by atoms with van der Waals surface area (Å²) in [5.74, 6) is 2.27. The van der Waals surface area contributed by atoms with E-state index in [1.807, 2.05) is 48.1 Å². The second-order valence-electron chi connectivity index (χ2n) is 9.69. The molecule has 0 aliphatic carbocycles. The molecule has 1 fully saturated rings. The highest BCUT2D eigenvalue weighted by molar-refractivity contribution is 5.76. The van der Waals surface area contributed by atoms with Crippen LogP contribution in [-0.4, -0.2) is 52.7 Å². The minimum absolute atomic E-state index is 0.299. The molecule has 37 heavy (non-hydrogen) atoms.